The predicted molar refractivity (Wildman–Crippen MR) is 67.3 cm³/mol. The van der Waals surface area contributed by atoms with Gasteiger partial charge in [0.1, 0.15) is 6.10 Å². The van der Waals surface area contributed by atoms with Gasteiger partial charge in [-0.25, -0.2) is 0 Å². The van der Waals surface area contributed by atoms with E-state index in [0.29, 0.717) is 6.42 Å². The first kappa shape index (κ1) is 14.3. The lowest BCUT2D eigenvalue weighted by Crippen LogP contribution is -2.17. The molecule has 0 amide bonds. The van der Waals surface area contributed by atoms with E-state index in [0.717, 1.165) is 12.5 Å². The summed E-state index contributed by atoms with van der Waals surface area (Å²) >= 11 is 0. The van der Waals surface area contributed by atoms with E-state index in [4.69, 9.17) is 4.74 Å². The van der Waals surface area contributed by atoms with Crippen LogP contribution in [0.5, 0.6) is 0 Å². The third-order valence-corrected chi connectivity index (χ3v) is 2.96. The highest BCUT2D eigenvalue weighted by molar-refractivity contribution is 6.76. The molecule has 2 nitrogen and oxygen atoms in total. The summed E-state index contributed by atoms with van der Waals surface area (Å²) in [5.74, 6) is 5.95. The summed E-state index contributed by atoms with van der Waals surface area (Å²) in [6.07, 6.45) is 4.50. The lowest BCUT2D eigenvalue weighted by atomic mass is 10.2. The number of rotatable bonds is 5. The molecule has 0 aromatic carbocycles. The smallest absolute Gasteiger partial charge is 0.115 e. The number of aliphatic hydroxyl groups excluding tert-OH is 1. The SMILES string of the molecule is CO/C=C/CCC(O)C#CC[Si](C)(C)C. The summed E-state index contributed by atoms with van der Waals surface area (Å²) < 4.78 is 4.76. The first-order valence-corrected chi connectivity index (χ1v) is 9.00. The van der Waals surface area contributed by atoms with E-state index in [1.54, 1.807) is 13.4 Å². The van der Waals surface area contributed by atoms with Crippen LogP contribution in [0.2, 0.25) is 25.7 Å². The molecule has 0 aliphatic carbocycles. The largest absolute Gasteiger partial charge is 0.505 e. The van der Waals surface area contributed by atoms with Crippen molar-refractivity contribution in [2.45, 2.75) is 44.6 Å². The molecule has 0 saturated heterocycles. The normalized spacial score (nSPS) is 13.4. The minimum atomic E-state index is -1.09. The second kappa shape index (κ2) is 7.55. The van der Waals surface area contributed by atoms with Gasteiger partial charge in [-0.05, 0) is 18.9 Å². The molecule has 3 heteroatoms. The van der Waals surface area contributed by atoms with Gasteiger partial charge in [-0.1, -0.05) is 25.6 Å². The van der Waals surface area contributed by atoms with Crippen molar-refractivity contribution in [1.29, 1.82) is 0 Å². The van der Waals surface area contributed by atoms with Crippen LogP contribution in [0, 0.1) is 11.8 Å². The quantitative estimate of drug-likeness (QED) is 0.443. The van der Waals surface area contributed by atoms with Crippen molar-refractivity contribution in [1.82, 2.24) is 0 Å². The van der Waals surface area contributed by atoms with E-state index in [-0.39, 0.29) is 0 Å². The minimum absolute atomic E-state index is 0.497. The van der Waals surface area contributed by atoms with Crippen molar-refractivity contribution in [3.8, 4) is 11.8 Å². The van der Waals surface area contributed by atoms with E-state index in [1.807, 2.05) is 6.08 Å². The average molecular weight is 226 g/mol. The van der Waals surface area contributed by atoms with Crippen LogP contribution < -0.4 is 0 Å². The van der Waals surface area contributed by atoms with E-state index in [9.17, 15) is 5.11 Å². The predicted octanol–water partition coefficient (Wildman–Crippen LogP) is 2.63. The molecular formula is C12H22O2Si. The van der Waals surface area contributed by atoms with Crippen LogP contribution in [0.3, 0.4) is 0 Å². The molecule has 1 atom stereocenters. The van der Waals surface area contributed by atoms with Crippen molar-refractivity contribution in [3.63, 3.8) is 0 Å². The summed E-state index contributed by atoms with van der Waals surface area (Å²) in [5, 5.41) is 9.51. The first-order valence-electron chi connectivity index (χ1n) is 5.30. The molecule has 0 aromatic rings. The number of aliphatic hydroxyl groups is 1. The number of allylic oxidation sites excluding steroid dienone is 1. The summed E-state index contributed by atoms with van der Waals surface area (Å²) in [7, 11) is 0.525. The van der Waals surface area contributed by atoms with Crippen molar-refractivity contribution in [2.24, 2.45) is 0 Å². The Balaban J connectivity index is 3.73. The number of hydrogen-bond acceptors (Lipinski definition) is 2. The molecule has 0 aliphatic heterocycles. The highest BCUT2D eigenvalue weighted by Crippen LogP contribution is 2.06. The van der Waals surface area contributed by atoms with Crippen molar-refractivity contribution >= 4 is 8.07 Å². The van der Waals surface area contributed by atoms with Gasteiger partial charge in [-0.3, -0.25) is 0 Å². The Labute approximate surface area is 94.4 Å². The van der Waals surface area contributed by atoms with Crippen LogP contribution in [0.15, 0.2) is 12.3 Å². The Morgan fingerprint density at radius 1 is 1.40 bits per heavy atom. The summed E-state index contributed by atoms with van der Waals surface area (Å²) in [6, 6.07) is 0.956. The van der Waals surface area contributed by atoms with Crippen LogP contribution in [0.25, 0.3) is 0 Å². The van der Waals surface area contributed by atoms with Gasteiger partial charge < -0.3 is 9.84 Å². The maximum Gasteiger partial charge on any atom is 0.115 e. The zero-order valence-electron chi connectivity index (χ0n) is 10.2. The molecule has 0 saturated carbocycles. The summed E-state index contributed by atoms with van der Waals surface area (Å²) in [6.45, 7) is 6.82. The number of hydrogen-bond donors (Lipinski definition) is 1. The molecule has 0 radical (unpaired) electrons. The Kier molecular flexibility index (Phi) is 7.19. The second-order valence-electron chi connectivity index (χ2n) is 4.76. The second-order valence-corrected chi connectivity index (χ2v) is 10.2. The molecule has 1 N–H and O–H groups in total. The maximum atomic E-state index is 9.51. The van der Waals surface area contributed by atoms with Crippen molar-refractivity contribution in [2.75, 3.05) is 7.11 Å². The topological polar surface area (TPSA) is 29.5 Å². The highest BCUT2D eigenvalue weighted by atomic mass is 28.3. The Hall–Kier alpha value is -0.723. The summed E-state index contributed by atoms with van der Waals surface area (Å²) in [4.78, 5) is 0. The van der Waals surface area contributed by atoms with Crippen LogP contribution in [0.4, 0.5) is 0 Å². The zero-order chi connectivity index (χ0) is 11.7. The summed E-state index contributed by atoms with van der Waals surface area (Å²) in [5.41, 5.74) is 0. The third kappa shape index (κ3) is 11.2. The fourth-order valence-corrected chi connectivity index (χ4v) is 1.56. The monoisotopic (exact) mass is 226 g/mol. The standard InChI is InChI=1S/C12H22O2Si/c1-14-10-6-5-8-12(13)9-7-11-15(2,3)4/h6,10,12-13H,5,8,11H2,1-4H3/b10-6+. The van der Waals surface area contributed by atoms with Gasteiger partial charge in [0, 0.05) is 6.04 Å². The Bertz CT molecular complexity index is 243. The highest BCUT2D eigenvalue weighted by Gasteiger charge is 2.10. The Morgan fingerprint density at radius 3 is 2.60 bits per heavy atom. The average Bonchev–Trinajstić information content (AvgIpc) is 2.10. The number of methoxy groups -OCH3 is 1. The molecule has 0 aliphatic rings. The van der Waals surface area contributed by atoms with Gasteiger partial charge in [-0.15, -0.1) is 5.92 Å². The van der Waals surface area contributed by atoms with E-state index < -0.39 is 14.2 Å². The molecule has 0 heterocycles. The lowest BCUT2D eigenvalue weighted by molar-refractivity contribution is 0.223. The van der Waals surface area contributed by atoms with Gasteiger partial charge in [0.25, 0.3) is 0 Å². The molecule has 0 rings (SSSR count). The van der Waals surface area contributed by atoms with E-state index in [2.05, 4.69) is 31.5 Å². The third-order valence-electron chi connectivity index (χ3n) is 1.73. The molecular weight excluding hydrogens is 204 g/mol. The fraction of sp³-hybridized carbons (Fsp3) is 0.667. The van der Waals surface area contributed by atoms with Gasteiger partial charge >= 0.3 is 0 Å². The van der Waals surface area contributed by atoms with Gasteiger partial charge in [-0.2, -0.15) is 0 Å². The van der Waals surface area contributed by atoms with Crippen molar-refractivity contribution in [3.05, 3.63) is 12.3 Å². The fourth-order valence-electron chi connectivity index (χ4n) is 0.925. The van der Waals surface area contributed by atoms with Crippen LogP contribution in [-0.4, -0.2) is 26.4 Å². The maximum absolute atomic E-state index is 9.51. The van der Waals surface area contributed by atoms with Gasteiger partial charge in [0.05, 0.1) is 21.4 Å². The van der Waals surface area contributed by atoms with Crippen LogP contribution in [0.1, 0.15) is 12.8 Å². The molecule has 1 unspecified atom stereocenters. The molecule has 0 aromatic heterocycles. The molecule has 0 fully saturated rings. The molecule has 86 valence electrons. The zero-order valence-corrected chi connectivity index (χ0v) is 11.2. The van der Waals surface area contributed by atoms with Crippen LogP contribution in [-0.2, 0) is 4.74 Å². The number of ether oxygens (including phenoxy) is 1. The molecule has 0 bridgehead atoms. The van der Waals surface area contributed by atoms with Crippen molar-refractivity contribution < 1.29 is 9.84 Å². The van der Waals surface area contributed by atoms with E-state index in [1.165, 1.54) is 0 Å². The van der Waals surface area contributed by atoms with E-state index >= 15 is 0 Å². The van der Waals surface area contributed by atoms with Crippen LogP contribution >= 0.6 is 0 Å². The van der Waals surface area contributed by atoms with Gasteiger partial charge in [0.15, 0.2) is 0 Å². The molecule has 0 spiro atoms. The van der Waals surface area contributed by atoms with Gasteiger partial charge in [0.2, 0.25) is 0 Å². The lowest BCUT2D eigenvalue weighted by Gasteiger charge is -2.09. The Morgan fingerprint density at radius 2 is 2.07 bits per heavy atom. The minimum Gasteiger partial charge on any atom is -0.505 e. The first-order chi connectivity index (χ1) is 6.95. The molecule has 15 heavy (non-hydrogen) atoms.